The Morgan fingerprint density at radius 2 is 2.05 bits per heavy atom. The van der Waals surface area contributed by atoms with Gasteiger partial charge in [-0.25, -0.2) is 0 Å². The van der Waals surface area contributed by atoms with Gasteiger partial charge in [0.05, 0.1) is 6.54 Å². The van der Waals surface area contributed by atoms with Crippen LogP contribution in [0.1, 0.15) is 5.56 Å². The van der Waals surface area contributed by atoms with Gasteiger partial charge in [0.15, 0.2) is 11.5 Å². The molecular formula is C15H21N3O3. The van der Waals surface area contributed by atoms with Crippen LogP contribution in [0.15, 0.2) is 18.2 Å². The SMILES string of the molecule is CN(CC(=O)N1CCNCC1)Cc1ccc2c(c1)OCO2. The van der Waals surface area contributed by atoms with Crippen molar-refractivity contribution < 1.29 is 14.3 Å². The molecule has 2 aliphatic heterocycles. The minimum Gasteiger partial charge on any atom is -0.454 e. The topological polar surface area (TPSA) is 54.0 Å². The number of nitrogens with one attached hydrogen (secondary N) is 1. The summed E-state index contributed by atoms with van der Waals surface area (Å²) in [5.41, 5.74) is 1.12. The summed E-state index contributed by atoms with van der Waals surface area (Å²) in [4.78, 5) is 16.2. The molecule has 0 bridgehead atoms. The van der Waals surface area contributed by atoms with Crippen molar-refractivity contribution in [3.63, 3.8) is 0 Å². The van der Waals surface area contributed by atoms with Gasteiger partial charge in [-0.1, -0.05) is 6.07 Å². The predicted molar refractivity (Wildman–Crippen MR) is 78.3 cm³/mol. The Kier molecular flexibility index (Phi) is 4.26. The summed E-state index contributed by atoms with van der Waals surface area (Å²) in [7, 11) is 1.96. The summed E-state index contributed by atoms with van der Waals surface area (Å²) in [6, 6.07) is 5.91. The van der Waals surface area contributed by atoms with Crippen molar-refractivity contribution in [1.29, 1.82) is 0 Å². The van der Waals surface area contributed by atoms with Gasteiger partial charge >= 0.3 is 0 Å². The van der Waals surface area contributed by atoms with E-state index in [1.54, 1.807) is 0 Å². The second kappa shape index (κ2) is 6.32. The van der Waals surface area contributed by atoms with E-state index < -0.39 is 0 Å². The van der Waals surface area contributed by atoms with Crippen LogP contribution in [0, 0.1) is 0 Å². The Balaban J connectivity index is 1.53. The molecule has 1 aromatic rings. The van der Waals surface area contributed by atoms with Crippen molar-refractivity contribution in [2.45, 2.75) is 6.54 Å². The van der Waals surface area contributed by atoms with Crippen molar-refractivity contribution in [2.24, 2.45) is 0 Å². The Morgan fingerprint density at radius 1 is 1.29 bits per heavy atom. The molecule has 1 saturated heterocycles. The Labute approximate surface area is 124 Å². The molecule has 1 fully saturated rings. The van der Waals surface area contributed by atoms with Crippen LogP contribution in [-0.2, 0) is 11.3 Å². The largest absolute Gasteiger partial charge is 0.454 e. The van der Waals surface area contributed by atoms with Crippen LogP contribution >= 0.6 is 0 Å². The minimum atomic E-state index is 0.194. The van der Waals surface area contributed by atoms with Crippen LogP contribution in [-0.4, -0.2) is 62.3 Å². The van der Waals surface area contributed by atoms with Crippen molar-refractivity contribution in [2.75, 3.05) is 46.6 Å². The summed E-state index contributed by atoms with van der Waals surface area (Å²) in [6.07, 6.45) is 0. The number of piperazine rings is 1. The summed E-state index contributed by atoms with van der Waals surface area (Å²) in [6.45, 7) is 4.82. The van der Waals surface area contributed by atoms with Crippen LogP contribution in [0.25, 0.3) is 0 Å². The lowest BCUT2D eigenvalue weighted by Gasteiger charge is -2.29. The highest BCUT2D eigenvalue weighted by molar-refractivity contribution is 5.78. The zero-order valence-corrected chi connectivity index (χ0v) is 12.3. The zero-order chi connectivity index (χ0) is 14.7. The second-order valence-electron chi connectivity index (χ2n) is 5.49. The van der Waals surface area contributed by atoms with Gasteiger partial charge in [0.1, 0.15) is 0 Å². The van der Waals surface area contributed by atoms with Gasteiger partial charge in [-0.15, -0.1) is 0 Å². The van der Waals surface area contributed by atoms with Crippen LogP contribution in [0.5, 0.6) is 11.5 Å². The molecule has 2 aliphatic rings. The quantitative estimate of drug-likeness (QED) is 0.863. The van der Waals surface area contributed by atoms with E-state index >= 15 is 0 Å². The molecule has 0 unspecified atom stereocenters. The van der Waals surface area contributed by atoms with Crippen LogP contribution in [0.2, 0.25) is 0 Å². The Bertz CT molecular complexity index is 515. The first-order chi connectivity index (χ1) is 10.2. The van der Waals surface area contributed by atoms with Gasteiger partial charge in [-0.3, -0.25) is 9.69 Å². The van der Waals surface area contributed by atoms with Crippen LogP contribution < -0.4 is 14.8 Å². The minimum absolute atomic E-state index is 0.194. The molecule has 0 atom stereocenters. The molecule has 21 heavy (non-hydrogen) atoms. The highest BCUT2D eigenvalue weighted by Crippen LogP contribution is 2.32. The number of likely N-dealkylation sites (N-methyl/N-ethyl adjacent to an activating group) is 1. The van der Waals surface area contributed by atoms with E-state index in [-0.39, 0.29) is 12.7 Å². The molecule has 0 radical (unpaired) electrons. The Morgan fingerprint density at radius 3 is 2.86 bits per heavy atom. The molecule has 2 heterocycles. The fourth-order valence-corrected chi connectivity index (χ4v) is 2.65. The lowest BCUT2D eigenvalue weighted by atomic mass is 10.2. The van der Waals surface area contributed by atoms with Crippen LogP contribution in [0.4, 0.5) is 0 Å². The second-order valence-corrected chi connectivity index (χ2v) is 5.49. The van der Waals surface area contributed by atoms with Crippen molar-refractivity contribution in [1.82, 2.24) is 15.1 Å². The summed E-state index contributed by atoms with van der Waals surface area (Å²) in [5, 5.41) is 3.25. The average Bonchev–Trinajstić information content (AvgIpc) is 2.95. The van der Waals surface area contributed by atoms with Crippen molar-refractivity contribution in [3.8, 4) is 11.5 Å². The molecule has 0 saturated carbocycles. The number of carbonyl (C=O) groups is 1. The van der Waals surface area contributed by atoms with Crippen molar-refractivity contribution in [3.05, 3.63) is 23.8 Å². The monoisotopic (exact) mass is 291 g/mol. The molecule has 0 aromatic heterocycles. The van der Waals surface area contributed by atoms with E-state index in [9.17, 15) is 4.79 Å². The van der Waals surface area contributed by atoms with Gasteiger partial charge in [0, 0.05) is 32.7 Å². The van der Waals surface area contributed by atoms with Gasteiger partial charge in [0.25, 0.3) is 0 Å². The molecular weight excluding hydrogens is 270 g/mol. The first-order valence-corrected chi connectivity index (χ1v) is 7.28. The maximum absolute atomic E-state index is 12.2. The van der Waals surface area contributed by atoms with Gasteiger partial charge in [0.2, 0.25) is 12.7 Å². The molecule has 114 valence electrons. The molecule has 1 N–H and O–H groups in total. The number of hydrogen-bond donors (Lipinski definition) is 1. The number of hydrogen-bond acceptors (Lipinski definition) is 5. The fraction of sp³-hybridized carbons (Fsp3) is 0.533. The average molecular weight is 291 g/mol. The van der Waals surface area contributed by atoms with E-state index in [2.05, 4.69) is 5.32 Å². The summed E-state index contributed by atoms with van der Waals surface area (Å²) in [5.74, 6) is 1.77. The Hall–Kier alpha value is -1.79. The molecule has 0 aliphatic carbocycles. The third-order valence-corrected chi connectivity index (χ3v) is 3.76. The number of nitrogens with zero attached hydrogens (tertiary/aromatic N) is 2. The van der Waals surface area contributed by atoms with Gasteiger partial charge < -0.3 is 19.7 Å². The maximum atomic E-state index is 12.2. The first-order valence-electron chi connectivity index (χ1n) is 7.28. The van der Waals surface area contributed by atoms with E-state index in [1.165, 1.54) is 0 Å². The summed E-state index contributed by atoms with van der Waals surface area (Å²) < 4.78 is 10.7. The molecule has 0 spiro atoms. The highest BCUT2D eigenvalue weighted by atomic mass is 16.7. The molecule has 1 amide bonds. The third-order valence-electron chi connectivity index (χ3n) is 3.76. The first kappa shape index (κ1) is 14.2. The van der Waals surface area contributed by atoms with Gasteiger partial charge in [-0.05, 0) is 24.7 Å². The van der Waals surface area contributed by atoms with Crippen LogP contribution in [0.3, 0.4) is 0 Å². The number of carbonyl (C=O) groups excluding carboxylic acids is 1. The highest BCUT2D eigenvalue weighted by Gasteiger charge is 2.18. The van der Waals surface area contributed by atoms with Gasteiger partial charge in [-0.2, -0.15) is 0 Å². The van der Waals surface area contributed by atoms with E-state index in [0.29, 0.717) is 13.1 Å². The molecule has 6 heteroatoms. The number of fused-ring (bicyclic) bond motifs is 1. The number of rotatable bonds is 4. The number of benzene rings is 1. The predicted octanol–water partition coefficient (Wildman–Crippen LogP) is 0.279. The molecule has 1 aromatic carbocycles. The number of amides is 1. The smallest absolute Gasteiger partial charge is 0.236 e. The fourth-order valence-electron chi connectivity index (χ4n) is 2.65. The third kappa shape index (κ3) is 3.46. The molecule has 6 nitrogen and oxygen atoms in total. The summed E-state index contributed by atoms with van der Waals surface area (Å²) >= 11 is 0. The van der Waals surface area contributed by atoms with E-state index in [1.807, 2.05) is 35.0 Å². The maximum Gasteiger partial charge on any atom is 0.236 e. The zero-order valence-electron chi connectivity index (χ0n) is 12.3. The lowest BCUT2D eigenvalue weighted by molar-refractivity contribution is -0.132. The van der Waals surface area contributed by atoms with Crippen molar-refractivity contribution >= 4 is 5.91 Å². The lowest BCUT2D eigenvalue weighted by Crippen LogP contribution is -2.49. The van der Waals surface area contributed by atoms with E-state index in [0.717, 1.165) is 43.2 Å². The number of ether oxygens (including phenoxy) is 2. The standard InChI is InChI=1S/C15H21N3O3/c1-17(10-15(19)18-6-4-16-5-7-18)9-12-2-3-13-14(8-12)21-11-20-13/h2-3,8,16H,4-7,9-11H2,1H3. The molecule has 3 rings (SSSR count). The normalized spacial score (nSPS) is 17.3. The van der Waals surface area contributed by atoms with E-state index in [4.69, 9.17) is 9.47 Å².